The molecule has 0 bridgehead atoms. The van der Waals surface area contributed by atoms with E-state index in [0.717, 1.165) is 15.4 Å². The van der Waals surface area contributed by atoms with Crippen LogP contribution in [0.3, 0.4) is 0 Å². The fourth-order valence-corrected chi connectivity index (χ4v) is 4.38. The number of hydrogen-bond acceptors (Lipinski definition) is 4. The van der Waals surface area contributed by atoms with Gasteiger partial charge in [0.2, 0.25) is 5.91 Å². The first-order valence-electron chi connectivity index (χ1n) is 9.30. The molecule has 6 nitrogen and oxygen atoms in total. The third-order valence-corrected chi connectivity index (χ3v) is 6.22. The highest BCUT2D eigenvalue weighted by molar-refractivity contribution is 7.92. The van der Waals surface area contributed by atoms with Gasteiger partial charge in [-0.2, -0.15) is 5.26 Å². The van der Waals surface area contributed by atoms with Crippen molar-refractivity contribution in [2.75, 3.05) is 16.2 Å². The zero-order valence-electron chi connectivity index (χ0n) is 16.4. The van der Waals surface area contributed by atoms with E-state index in [1.807, 2.05) is 13.0 Å². The van der Waals surface area contributed by atoms with E-state index in [-0.39, 0.29) is 17.9 Å². The van der Waals surface area contributed by atoms with Gasteiger partial charge in [-0.1, -0.05) is 42.5 Å². The van der Waals surface area contributed by atoms with Crippen molar-refractivity contribution in [2.24, 2.45) is 0 Å². The summed E-state index contributed by atoms with van der Waals surface area (Å²) in [5.41, 5.74) is 2.67. The topological polar surface area (TPSA) is 90.3 Å². The molecule has 3 rings (SSSR count). The average molecular weight is 420 g/mol. The molecule has 3 aromatic carbocycles. The maximum absolute atomic E-state index is 13.3. The second kappa shape index (κ2) is 9.25. The van der Waals surface area contributed by atoms with Crippen molar-refractivity contribution in [3.63, 3.8) is 0 Å². The molecule has 0 radical (unpaired) electrons. The summed E-state index contributed by atoms with van der Waals surface area (Å²) in [4.78, 5) is 12.8. The number of sulfonamides is 1. The van der Waals surface area contributed by atoms with Crippen molar-refractivity contribution in [3.8, 4) is 6.07 Å². The Labute approximate surface area is 176 Å². The molecule has 1 amide bonds. The number of carbonyl (C=O) groups is 1. The molecule has 0 aliphatic rings. The van der Waals surface area contributed by atoms with Gasteiger partial charge in [-0.05, 0) is 54.4 Å². The number of nitrogens with zero attached hydrogens (tertiary/aromatic N) is 2. The van der Waals surface area contributed by atoms with Crippen LogP contribution in [-0.2, 0) is 21.2 Å². The normalized spacial score (nSPS) is 10.8. The predicted molar refractivity (Wildman–Crippen MR) is 117 cm³/mol. The summed E-state index contributed by atoms with van der Waals surface area (Å²) in [5, 5.41) is 11.5. The minimum absolute atomic E-state index is 0.111. The largest absolute Gasteiger partial charge is 0.325 e. The van der Waals surface area contributed by atoms with Crippen LogP contribution in [-0.4, -0.2) is 20.9 Å². The quantitative estimate of drug-likeness (QED) is 0.629. The van der Waals surface area contributed by atoms with Crippen molar-refractivity contribution in [1.29, 1.82) is 5.26 Å². The molecule has 0 saturated heterocycles. The summed E-state index contributed by atoms with van der Waals surface area (Å²) in [6.07, 6.45) is 0.282. The average Bonchev–Trinajstić information content (AvgIpc) is 2.74. The second-order valence-corrected chi connectivity index (χ2v) is 8.61. The maximum Gasteiger partial charge on any atom is 0.264 e. The Morgan fingerprint density at radius 3 is 2.33 bits per heavy atom. The molecule has 0 aliphatic heterocycles. The number of nitrogens with one attached hydrogen (secondary N) is 1. The van der Waals surface area contributed by atoms with Crippen LogP contribution in [0.5, 0.6) is 0 Å². The van der Waals surface area contributed by atoms with E-state index in [0.29, 0.717) is 11.4 Å². The van der Waals surface area contributed by atoms with Gasteiger partial charge in [0.05, 0.1) is 23.1 Å². The highest BCUT2D eigenvalue weighted by Gasteiger charge is 2.27. The minimum atomic E-state index is -3.94. The second-order valence-electron chi connectivity index (χ2n) is 6.74. The molecule has 7 heteroatoms. The summed E-state index contributed by atoms with van der Waals surface area (Å²) in [6.45, 7) is 1.49. The molecule has 0 aromatic heterocycles. The van der Waals surface area contributed by atoms with Crippen molar-refractivity contribution >= 4 is 27.3 Å². The minimum Gasteiger partial charge on any atom is -0.325 e. The van der Waals surface area contributed by atoms with Crippen molar-refractivity contribution < 1.29 is 13.2 Å². The highest BCUT2D eigenvalue weighted by atomic mass is 32.2. The smallest absolute Gasteiger partial charge is 0.264 e. The Morgan fingerprint density at radius 1 is 1.00 bits per heavy atom. The maximum atomic E-state index is 13.3. The standard InChI is InChI=1S/C23H21N3O3S/c1-18-6-5-7-21(16-18)26(30(28,29)22-8-3-2-4-9-22)17-23(27)25-20-12-10-19(11-13-20)14-15-24/h2-13,16H,14,17H2,1H3,(H,25,27). The van der Waals surface area contributed by atoms with Crippen LogP contribution in [0.1, 0.15) is 11.1 Å². The van der Waals surface area contributed by atoms with Crippen molar-refractivity contribution in [1.82, 2.24) is 0 Å². The predicted octanol–water partition coefficient (Wildman–Crippen LogP) is 3.90. The third-order valence-electron chi connectivity index (χ3n) is 4.43. The van der Waals surface area contributed by atoms with Crippen molar-refractivity contribution in [2.45, 2.75) is 18.2 Å². The number of amides is 1. The van der Waals surface area contributed by atoms with Crippen LogP contribution >= 0.6 is 0 Å². The molecule has 0 aliphatic carbocycles. The lowest BCUT2D eigenvalue weighted by Gasteiger charge is -2.24. The number of hydrogen-bond donors (Lipinski definition) is 1. The van der Waals surface area contributed by atoms with Crippen LogP contribution in [0.2, 0.25) is 0 Å². The lowest BCUT2D eigenvalue weighted by molar-refractivity contribution is -0.114. The SMILES string of the molecule is Cc1cccc(N(CC(=O)Nc2ccc(CC#N)cc2)S(=O)(=O)c2ccccc2)c1. The Bertz CT molecular complexity index is 1170. The van der Waals surface area contributed by atoms with Gasteiger partial charge in [0.25, 0.3) is 10.0 Å². The Morgan fingerprint density at radius 2 is 1.70 bits per heavy atom. The number of aryl methyl sites for hydroxylation is 1. The van der Waals surface area contributed by atoms with Crippen LogP contribution in [0.15, 0.2) is 83.8 Å². The summed E-state index contributed by atoms with van der Waals surface area (Å²) >= 11 is 0. The first-order chi connectivity index (χ1) is 14.4. The summed E-state index contributed by atoms with van der Waals surface area (Å²) in [6, 6.07) is 24.0. The molecule has 0 saturated carbocycles. The number of carbonyl (C=O) groups excluding carboxylic acids is 1. The van der Waals surface area contributed by atoms with E-state index in [2.05, 4.69) is 11.4 Å². The first-order valence-corrected chi connectivity index (χ1v) is 10.7. The Balaban J connectivity index is 1.87. The van der Waals surface area contributed by atoms with Gasteiger partial charge in [-0.15, -0.1) is 0 Å². The van der Waals surface area contributed by atoms with E-state index >= 15 is 0 Å². The molecular formula is C23H21N3O3S. The molecular weight excluding hydrogens is 398 g/mol. The van der Waals surface area contributed by atoms with E-state index in [1.165, 1.54) is 12.1 Å². The summed E-state index contributed by atoms with van der Waals surface area (Å²) in [7, 11) is -3.94. The molecule has 152 valence electrons. The van der Waals surface area contributed by atoms with Gasteiger partial charge in [-0.3, -0.25) is 9.10 Å². The molecule has 0 unspecified atom stereocenters. The molecule has 1 N–H and O–H groups in total. The fraction of sp³-hybridized carbons (Fsp3) is 0.130. The van der Waals surface area contributed by atoms with Gasteiger partial charge in [0, 0.05) is 5.69 Å². The number of benzene rings is 3. The van der Waals surface area contributed by atoms with E-state index in [1.54, 1.807) is 60.7 Å². The molecule has 0 atom stereocenters. The first kappa shape index (κ1) is 21.1. The van der Waals surface area contributed by atoms with Gasteiger partial charge in [-0.25, -0.2) is 8.42 Å². The molecule has 0 heterocycles. The lowest BCUT2D eigenvalue weighted by Crippen LogP contribution is -2.38. The van der Waals surface area contributed by atoms with Gasteiger partial charge in [0.15, 0.2) is 0 Å². The molecule has 3 aromatic rings. The van der Waals surface area contributed by atoms with E-state index in [9.17, 15) is 13.2 Å². The zero-order valence-corrected chi connectivity index (χ0v) is 17.3. The van der Waals surface area contributed by atoms with Gasteiger partial charge < -0.3 is 5.32 Å². The van der Waals surface area contributed by atoms with Crippen LogP contribution in [0.25, 0.3) is 0 Å². The zero-order chi connectivity index (χ0) is 21.6. The summed E-state index contributed by atoms with van der Waals surface area (Å²) in [5.74, 6) is -0.468. The number of rotatable bonds is 7. The molecule has 30 heavy (non-hydrogen) atoms. The third kappa shape index (κ3) is 5.04. The fourth-order valence-electron chi connectivity index (χ4n) is 2.95. The van der Waals surface area contributed by atoms with Crippen LogP contribution in [0, 0.1) is 18.3 Å². The van der Waals surface area contributed by atoms with Crippen LogP contribution < -0.4 is 9.62 Å². The number of nitriles is 1. The Hall–Kier alpha value is -3.63. The lowest BCUT2D eigenvalue weighted by atomic mass is 10.1. The van der Waals surface area contributed by atoms with E-state index < -0.39 is 15.9 Å². The van der Waals surface area contributed by atoms with Gasteiger partial charge >= 0.3 is 0 Å². The molecule has 0 fully saturated rings. The Kier molecular flexibility index (Phi) is 6.50. The van der Waals surface area contributed by atoms with Crippen LogP contribution in [0.4, 0.5) is 11.4 Å². The number of anilines is 2. The summed E-state index contributed by atoms with van der Waals surface area (Å²) < 4.78 is 27.6. The molecule has 0 spiro atoms. The van der Waals surface area contributed by atoms with Gasteiger partial charge in [0.1, 0.15) is 6.54 Å². The van der Waals surface area contributed by atoms with Crippen molar-refractivity contribution in [3.05, 3.63) is 90.0 Å². The van der Waals surface area contributed by atoms with E-state index in [4.69, 9.17) is 5.26 Å². The monoisotopic (exact) mass is 419 g/mol. The highest BCUT2D eigenvalue weighted by Crippen LogP contribution is 2.24.